The van der Waals surface area contributed by atoms with Crippen molar-refractivity contribution in [2.45, 2.75) is 76.5 Å². The number of rotatable bonds is 15. The summed E-state index contributed by atoms with van der Waals surface area (Å²) in [6.45, 7) is 8.89. The molecule has 3 N–H and O–H groups in total. The highest BCUT2D eigenvalue weighted by Gasteiger charge is 2.23. The first-order chi connectivity index (χ1) is 23.9. The topological polar surface area (TPSA) is 179 Å². The third kappa shape index (κ3) is 9.19. The molecule has 0 radical (unpaired) electrons. The Labute approximate surface area is 302 Å². The molecule has 5 aromatic rings. The van der Waals surface area contributed by atoms with Crippen molar-refractivity contribution in [2.24, 2.45) is 0 Å². The summed E-state index contributed by atoms with van der Waals surface area (Å²) < 4.78 is 47.4. The number of sulfonamides is 1. The molecule has 1 aliphatic carbocycles. The first-order valence-corrected chi connectivity index (χ1v) is 18.0. The molecule has 270 valence electrons. The largest absolute Gasteiger partial charge is 0.478 e. The van der Waals surface area contributed by atoms with Gasteiger partial charge in [-0.05, 0) is 62.4 Å². The number of aromatic nitrogens is 4. The second-order valence-corrected chi connectivity index (χ2v) is 14.4. The van der Waals surface area contributed by atoms with E-state index in [0.717, 1.165) is 53.5 Å². The molecule has 1 saturated carbocycles. The molecular weight excluding hydrogens is 696 g/mol. The van der Waals surface area contributed by atoms with Crippen LogP contribution in [0.25, 0.3) is 22.5 Å². The van der Waals surface area contributed by atoms with E-state index in [1.165, 1.54) is 18.2 Å². The lowest BCUT2D eigenvalue weighted by atomic mass is 9.96. The zero-order chi connectivity index (χ0) is 35.4. The van der Waals surface area contributed by atoms with Gasteiger partial charge in [-0.25, -0.2) is 32.9 Å². The summed E-state index contributed by atoms with van der Waals surface area (Å²) in [5, 5.41) is 12.9. The number of nitrogens with zero attached hydrogens (tertiary/aromatic N) is 4. The van der Waals surface area contributed by atoms with Gasteiger partial charge in [0.1, 0.15) is 17.9 Å². The first-order valence-electron chi connectivity index (χ1n) is 16.5. The highest BCUT2D eigenvalue weighted by Crippen LogP contribution is 2.30. The Hall–Kier alpha value is -4.63. The Morgan fingerprint density at radius 2 is 1.76 bits per heavy atom. The van der Waals surface area contributed by atoms with Gasteiger partial charge in [-0.2, -0.15) is 4.98 Å². The number of halogens is 1. The van der Waals surface area contributed by atoms with E-state index in [1.807, 2.05) is 52.0 Å². The van der Waals surface area contributed by atoms with Crippen molar-refractivity contribution in [3.05, 3.63) is 88.9 Å². The van der Waals surface area contributed by atoms with Gasteiger partial charge >= 0.3 is 5.97 Å². The molecule has 0 aliphatic heterocycles. The van der Waals surface area contributed by atoms with Crippen LogP contribution in [-0.4, -0.2) is 64.8 Å². The molecule has 1 unspecified atom stereocenters. The number of benzene rings is 2. The molecule has 0 bridgehead atoms. The van der Waals surface area contributed by atoms with Crippen molar-refractivity contribution >= 4 is 45.6 Å². The van der Waals surface area contributed by atoms with Crippen LogP contribution >= 0.6 is 12.4 Å². The van der Waals surface area contributed by atoms with Crippen LogP contribution in [0.15, 0.2) is 70.1 Å². The van der Waals surface area contributed by atoms with Crippen LogP contribution in [0.4, 0.5) is 5.95 Å². The normalized spacial score (nSPS) is 13.8. The number of furan rings is 1. The lowest BCUT2D eigenvalue weighted by Crippen LogP contribution is -2.40. The fraction of sp³-hybridized carbons (Fsp3) is 0.361. The number of carboxylic acids is 1. The van der Waals surface area contributed by atoms with Gasteiger partial charge in [0.05, 0.1) is 46.8 Å². The number of aromatic carboxylic acids is 1. The molecule has 6 rings (SSSR count). The summed E-state index contributed by atoms with van der Waals surface area (Å²) >= 11 is 0. The average Bonchev–Trinajstić information content (AvgIpc) is 3.49. The number of carbonyl (C=O) groups is 1. The van der Waals surface area contributed by atoms with Crippen LogP contribution in [0, 0.1) is 13.8 Å². The number of carboxylic acid groups (broad SMARTS) is 1. The maximum Gasteiger partial charge on any atom is 0.335 e. The molecule has 15 heteroatoms. The van der Waals surface area contributed by atoms with Gasteiger partial charge in [0.15, 0.2) is 0 Å². The summed E-state index contributed by atoms with van der Waals surface area (Å²) in [4.78, 5) is 29.4. The predicted molar refractivity (Wildman–Crippen MR) is 194 cm³/mol. The minimum absolute atomic E-state index is 0. The van der Waals surface area contributed by atoms with Crippen LogP contribution in [-0.2, 0) is 21.3 Å². The predicted octanol–water partition coefficient (Wildman–Crippen LogP) is 6.45. The van der Waals surface area contributed by atoms with E-state index in [2.05, 4.69) is 25.0 Å². The molecule has 51 heavy (non-hydrogen) atoms. The van der Waals surface area contributed by atoms with E-state index in [4.69, 9.17) is 18.9 Å². The maximum absolute atomic E-state index is 13.4. The van der Waals surface area contributed by atoms with Crippen molar-refractivity contribution in [3.8, 4) is 17.1 Å². The third-order valence-corrected chi connectivity index (χ3v) is 9.85. The van der Waals surface area contributed by atoms with Gasteiger partial charge in [-0.1, -0.05) is 38.1 Å². The van der Waals surface area contributed by atoms with E-state index in [-0.39, 0.29) is 59.4 Å². The fourth-order valence-electron chi connectivity index (χ4n) is 5.51. The quantitative estimate of drug-likeness (QED) is 0.107. The summed E-state index contributed by atoms with van der Waals surface area (Å²) in [6, 6.07) is 14.2. The second-order valence-electron chi connectivity index (χ2n) is 12.8. The Morgan fingerprint density at radius 3 is 2.45 bits per heavy atom. The molecule has 0 saturated heterocycles. The second kappa shape index (κ2) is 16.1. The molecule has 13 nitrogen and oxygen atoms in total. The van der Waals surface area contributed by atoms with E-state index < -0.39 is 16.0 Å². The summed E-state index contributed by atoms with van der Waals surface area (Å²) in [5.74, 6) is -0.282. The SMILES string of the molecule is Cc1cccc(C)c1-c1cc(OCC(COC2CCC2)NCc2cnc3oc(C(C)C)cc3n2)nc(NS(=O)(=O)c2cccc(C(=O)O)c2)n1.Cl. The van der Waals surface area contributed by atoms with Crippen LogP contribution in [0.3, 0.4) is 0 Å². The molecule has 2 aromatic carbocycles. The van der Waals surface area contributed by atoms with Crippen molar-refractivity contribution in [2.75, 3.05) is 17.9 Å². The summed E-state index contributed by atoms with van der Waals surface area (Å²) in [6.07, 6.45) is 5.04. The smallest absolute Gasteiger partial charge is 0.335 e. The number of hydrogen-bond donors (Lipinski definition) is 3. The number of fused-ring (bicyclic) bond motifs is 1. The Morgan fingerprint density at radius 1 is 1.02 bits per heavy atom. The minimum atomic E-state index is -4.26. The summed E-state index contributed by atoms with van der Waals surface area (Å²) in [5.41, 5.74) is 4.88. The lowest BCUT2D eigenvalue weighted by molar-refractivity contribution is -0.0142. The number of anilines is 1. The van der Waals surface area contributed by atoms with Gasteiger partial charge < -0.3 is 24.3 Å². The number of hydrogen-bond acceptors (Lipinski definition) is 11. The minimum Gasteiger partial charge on any atom is -0.478 e. The highest BCUT2D eigenvalue weighted by molar-refractivity contribution is 7.92. The lowest BCUT2D eigenvalue weighted by Gasteiger charge is -2.28. The number of ether oxygens (including phenoxy) is 2. The van der Waals surface area contributed by atoms with Gasteiger partial charge in [0, 0.05) is 30.2 Å². The van der Waals surface area contributed by atoms with E-state index in [1.54, 1.807) is 12.3 Å². The molecule has 1 atom stereocenters. The van der Waals surface area contributed by atoms with Crippen LogP contribution < -0.4 is 14.8 Å². The summed E-state index contributed by atoms with van der Waals surface area (Å²) in [7, 11) is -4.26. The molecule has 3 aromatic heterocycles. The molecule has 0 amide bonds. The molecule has 0 spiro atoms. The standard InChI is InChI=1S/C36H40N6O7S.ClH/c1-21(2)31-15-30-34(49-31)38-18-25(39-30)17-37-26(19-47-27-11-7-12-27)20-48-32-16-29(33-22(3)8-5-9-23(33)4)40-36(41-32)42-50(45,46)28-13-6-10-24(14-28)35(43)44;/h5-6,8-10,13-16,18,21,26-27,37H,7,11-12,17,19-20H2,1-4H3,(H,43,44)(H,40,41,42);1H. The van der Waals surface area contributed by atoms with Gasteiger partial charge in [-0.3, -0.25) is 0 Å². The number of nitrogens with one attached hydrogen (secondary N) is 2. The zero-order valence-electron chi connectivity index (χ0n) is 28.8. The first kappa shape index (κ1) is 37.6. The van der Waals surface area contributed by atoms with E-state index in [0.29, 0.717) is 30.1 Å². The monoisotopic (exact) mass is 736 g/mol. The Bertz CT molecular complexity index is 2100. The van der Waals surface area contributed by atoms with Gasteiger partial charge in [0.25, 0.3) is 10.0 Å². The molecule has 1 fully saturated rings. The van der Waals surface area contributed by atoms with Crippen LogP contribution in [0.5, 0.6) is 5.88 Å². The highest BCUT2D eigenvalue weighted by atomic mass is 35.5. The molecule has 1 aliphatic rings. The zero-order valence-corrected chi connectivity index (χ0v) is 30.4. The maximum atomic E-state index is 13.4. The Kier molecular flexibility index (Phi) is 11.9. The molecule has 3 heterocycles. The third-order valence-electron chi connectivity index (χ3n) is 8.52. The molecular formula is C36H41ClN6O7S. The van der Waals surface area contributed by atoms with Crippen LogP contribution in [0.1, 0.15) is 72.0 Å². The number of aryl methyl sites for hydroxylation is 2. The van der Waals surface area contributed by atoms with Gasteiger partial charge in [-0.15, -0.1) is 12.4 Å². The van der Waals surface area contributed by atoms with E-state index in [9.17, 15) is 18.3 Å². The van der Waals surface area contributed by atoms with Crippen molar-refractivity contribution in [1.29, 1.82) is 0 Å². The van der Waals surface area contributed by atoms with E-state index >= 15 is 0 Å². The fourth-order valence-corrected chi connectivity index (χ4v) is 6.50. The Balaban J connectivity index is 0.00000504. The van der Waals surface area contributed by atoms with Crippen molar-refractivity contribution in [3.63, 3.8) is 0 Å². The van der Waals surface area contributed by atoms with Crippen molar-refractivity contribution in [1.82, 2.24) is 25.3 Å². The average molecular weight is 737 g/mol. The van der Waals surface area contributed by atoms with Gasteiger partial charge in [0.2, 0.25) is 17.5 Å². The van der Waals surface area contributed by atoms with Crippen molar-refractivity contribution < 1.29 is 32.2 Å². The van der Waals surface area contributed by atoms with Crippen LogP contribution in [0.2, 0.25) is 0 Å².